The van der Waals surface area contributed by atoms with Gasteiger partial charge in [0.25, 0.3) is 0 Å². The Kier molecular flexibility index (Phi) is 93.8. The molecule has 0 fully saturated rings. The van der Waals surface area contributed by atoms with E-state index >= 15 is 0 Å². The highest BCUT2D eigenvalue weighted by molar-refractivity contribution is 5.66. The SMILES string of the molecule is CCCCCCCCCCCCCCCCCCCc1cc(Nc2nc(Nc3cc(CCCCCCCCCCCCCCCCCCC)c(CCCCCCCCCCCCCCCCCCC)c(CCCCCCCCCCCCCCCCCCC)c3)nc(-c3ccc(C)cc3)n2)cc(CCCCCCCCCCCCCCCCCCC)c1CCCCCCCCCCCCCCCCCCC. The lowest BCUT2D eigenvalue weighted by molar-refractivity contribution is 0.525. The van der Waals surface area contributed by atoms with Crippen LogP contribution in [0.1, 0.15) is 735 Å². The standard InChI is InChI=1S/C136H247N5/c1-8-14-20-26-32-38-44-50-56-62-68-74-80-86-92-98-104-110-126-120-130(121-127(111-105-99-93-87-81-75-69-63-57-51-45-39-33-27-21-15-9-2)132(126)114-108-102-96-90-84-78-72-66-60-54-48-42-36-30-24-18-12-5)137-135-139-134(125-118-116-124(7)117-119-125)140-136(141-135)138-131-122-128(112-106-100-94-88-82-76-70-64-58-52-46-40-34-28-22-16-10-3)133(115-109-103-97-91-85-79-73-67-61-55-49-43-37-31-25-19-13-6)129(123-131)113-107-101-95-89-83-77-71-65-59-53-47-41-35-29-23-17-11-4/h116-123H,8-115H2,1-7H3,(H2,137,138,139,140,141). The first kappa shape index (κ1) is 130. The van der Waals surface area contributed by atoms with Crippen LogP contribution >= 0.6 is 0 Å². The van der Waals surface area contributed by atoms with Crippen LogP contribution in [-0.4, -0.2) is 15.0 Å². The summed E-state index contributed by atoms with van der Waals surface area (Å²) in [6, 6.07) is 19.3. The van der Waals surface area contributed by atoms with E-state index in [2.05, 4.69) is 108 Å². The molecule has 1 aromatic heterocycles. The average Bonchev–Trinajstić information content (AvgIpc) is 0.804. The molecule has 0 bridgehead atoms. The van der Waals surface area contributed by atoms with Crippen LogP contribution in [-0.2, 0) is 38.5 Å². The molecule has 0 aliphatic heterocycles. The molecule has 2 N–H and O–H groups in total. The molecule has 0 aliphatic rings. The van der Waals surface area contributed by atoms with Crippen LogP contribution < -0.4 is 10.6 Å². The lowest BCUT2D eigenvalue weighted by Crippen LogP contribution is -2.09. The Morgan fingerprint density at radius 1 is 0.156 bits per heavy atom. The Morgan fingerprint density at radius 3 is 0.440 bits per heavy atom. The quantitative estimate of drug-likeness (QED) is 0.0431. The molecule has 0 saturated carbocycles. The highest BCUT2D eigenvalue weighted by Crippen LogP contribution is 2.35. The minimum atomic E-state index is 0.652. The van der Waals surface area contributed by atoms with Gasteiger partial charge in [-0.2, -0.15) is 15.0 Å². The summed E-state index contributed by atoms with van der Waals surface area (Å²) in [6.45, 7) is 16.2. The van der Waals surface area contributed by atoms with Crippen molar-refractivity contribution in [1.82, 2.24) is 15.0 Å². The van der Waals surface area contributed by atoms with Crippen molar-refractivity contribution in [3.8, 4) is 11.4 Å². The van der Waals surface area contributed by atoms with E-state index in [1.807, 2.05) is 0 Å². The molecule has 3 aromatic carbocycles. The number of benzene rings is 3. The van der Waals surface area contributed by atoms with Gasteiger partial charge in [-0.3, -0.25) is 0 Å². The van der Waals surface area contributed by atoms with Gasteiger partial charge in [0.1, 0.15) is 0 Å². The number of nitrogens with one attached hydrogen (secondary N) is 2. The van der Waals surface area contributed by atoms with E-state index in [4.69, 9.17) is 15.0 Å². The molecule has 5 nitrogen and oxygen atoms in total. The van der Waals surface area contributed by atoms with Crippen molar-refractivity contribution in [1.29, 1.82) is 0 Å². The van der Waals surface area contributed by atoms with Crippen LogP contribution in [0.2, 0.25) is 0 Å². The highest BCUT2D eigenvalue weighted by Gasteiger charge is 2.19. The Hall–Kier alpha value is -3.73. The number of nitrogens with zero attached hydrogens (tertiary/aromatic N) is 3. The van der Waals surface area contributed by atoms with Crippen LogP contribution in [0.4, 0.5) is 23.3 Å². The number of aryl methyl sites for hydroxylation is 5. The van der Waals surface area contributed by atoms with Crippen molar-refractivity contribution < 1.29 is 0 Å². The predicted octanol–water partition coefficient (Wildman–Crippen LogP) is 48.5. The molecule has 0 spiro atoms. The minimum Gasteiger partial charge on any atom is -0.324 e. The van der Waals surface area contributed by atoms with Gasteiger partial charge in [-0.1, -0.05) is 688 Å². The molecular weight excluding hydrogens is 1700 g/mol. The summed E-state index contributed by atoms with van der Waals surface area (Å²) in [5.74, 6) is 2.04. The van der Waals surface area contributed by atoms with Gasteiger partial charge in [-0.15, -0.1) is 0 Å². The van der Waals surface area contributed by atoms with E-state index in [0.717, 1.165) is 37.1 Å². The Bertz CT molecular complexity index is 2910. The van der Waals surface area contributed by atoms with Gasteiger partial charge in [0, 0.05) is 16.9 Å². The molecule has 0 amide bonds. The maximum Gasteiger partial charge on any atom is 0.232 e. The van der Waals surface area contributed by atoms with Crippen molar-refractivity contribution in [2.75, 3.05) is 10.6 Å². The zero-order valence-corrected chi connectivity index (χ0v) is 96.8. The predicted molar refractivity (Wildman–Crippen MR) is 637 cm³/mol. The second kappa shape index (κ2) is 102. The number of rotatable bonds is 113. The van der Waals surface area contributed by atoms with E-state index in [9.17, 15) is 0 Å². The van der Waals surface area contributed by atoms with Gasteiger partial charge in [0.2, 0.25) is 11.9 Å². The normalized spacial score (nSPS) is 11.7. The molecule has 0 aliphatic carbocycles. The summed E-state index contributed by atoms with van der Waals surface area (Å²) >= 11 is 0. The summed E-state index contributed by atoms with van der Waals surface area (Å²) in [6.07, 6.45) is 151. The molecule has 1 heterocycles. The maximum absolute atomic E-state index is 5.54. The number of aromatic nitrogens is 3. The fourth-order valence-corrected chi connectivity index (χ4v) is 23.1. The van der Waals surface area contributed by atoms with Gasteiger partial charge >= 0.3 is 0 Å². The van der Waals surface area contributed by atoms with Gasteiger partial charge < -0.3 is 10.6 Å². The van der Waals surface area contributed by atoms with Gasteiger partial charge in [-0.05, 0) is 142 Å². The van der Waals surface area contributed by atoms with E-state index in [-0.39, 0.29) is 0 Å². The van der Waals surface area contributed by atoms with Gasteiger partial charge in [0.05, 0.1) is 0 Å². The van der Waals surface area contributed by atoms with Crippen molar-refractivity contribution in [2.24, 2.45) is 0 Å². The molecule has 0 saturated heterocycles. The van der Waals surface area contributed by atoms with Crippen molar-refractivity contribution in [3.05, 3.63) is 87.5 Å². The van der Waals surface area contributed by atoms with E-state index in [0.29, 0.717) is 11.9 Å². The fourth-order valence-electron chi connectivity index (χ4n) is 23.1. The lowest BCUT2D eigenvalue weighted by Gasteiger charge is -2.20. The Morgan fingerprint density at radius 2 is 0.291 bits per heavy atom. The van der Waals surface area contributed by atoms with Crippen LogP contribution in [0.25, 0.3) is 11.4 Å². The Labute approximate surface area is 883 Å². The molecule has 0 unspecified atom stereocenters. The van der Waals surface area contributed by atoms with Gasteiger partial charge in [-0.25, -0.2) is 0 Å². The molecular formula is C136H247N5. The second-order valence-electron chi connectivity index (χ2n) is 46.4. The molecule has 0 radical (unpaired) electrons. The number of hydrogen-bond acceptors (Lipinski definition) is 5. The zero-order chi connectivity index (χ0) is 100. The summed E-state index contributed by atoms with van der Waals surface area (Å²) < 4.78 is 0. The first-order chi connectivity index (χ1) is 69.9. The topological polar surface area (TPSA) is 62.7 Å². The molecule has 141 heavy (non-hydrogen) atoms. The van der Waals surface area contributed by atoms with Crippen LogP contribution in [0.3, 0.4) is 0 Å². The third-order valence-corrected chi connectivity index (χ3v) is 32.6. The first-order valence-corrected chi connectivity index (χ1v) is 65.6. The van der Waals surface area contributed by atoms with Crippen molar-refractivity contribution >= 4 is 23.3 Å². The smallest absolute Gasteiger partial charge is 0.232 e. The number of anilines is 4. The molecule has 816 valence electrons. The molecule has 0 atom stereocenters. The van der Waals surface area contributed by atoms with E-state index in [1.165, 1.54) is 685 Å². The highest BCUT2D eigenvalue weighted by atomic mass is 15.2. The minimum absolute atomic E-state index is 0.652. The monoisotopic (exact) mass is 1950 g/mol. The zero-order valence-electron chi connectivity index (χ0n) is 96.8. The van der Waals surface area contributed by atoms with E-state index < -0.39 is 0 Å². The van der Waals surface area contributed by atoms with Crippen LogP contribution in [0.15, 0.2) is 48.5 Å². The third kappa shape index (κ3) is 79.1. The third-order valence-electron chi connectivity index (χ3n) is 32.6. The number of unbranched alkanes of at least 4 members (excludes halogenated alkanes) is 96. The van der Waals surface area contributed by atoms with Crippen LogP contribution in [0, 0.1) is 6.92 Å². The maximum atomic E-state index is 5.54. The average molecular weight is 1950 g/mol. The largest absolute Gasteiger partial charge is 0.324 e. The van der Waals surface area contributed by atoms with E-state index in [1.54, 1.807) is 33.4 Å². The Balaban J connectivity index is 1.68. The lowest BCUT2D eigenvalue weighted by atomic mass is 9.89. The van der Waals surface area contributed by atoms with Gasteiger partial charge in [0.15, 0.2) is 5.82 Å². The molecule has 4 aromatic rings. The summed E-state index contributed by atoms with van der Waals surface area (Å²) in [7, 11) is 0. The molecule has 5 heteroatoms. The van der Waals surface area contributed by atoms with Crippen molar-refractivity contribution in [3.63, 3.8) is 0 Å². The summed E-state index contributed by atoms with van der Waals surface area (Å²) in [5.41, 5.74) is 14.4. The molecule has 4 rings (SSSR count). The summed E-state index contributed by atoms with van der Waals surface area (Å²) in [4.78, 5) is 16.5. The fraction of sp³-hybridized carbons (Fsp3) is 0.846. The first-order valence-electron chi connectivity index (χ1n) is 65.6. The van der Waals surface area contributed by atoms with Crippen LogP contribution in [0.5, 0.6) is 0 Å². The summed E-state index contributed by atoms with van der Waals surface area (Å²) in [5, 5.41) is 8.09. The van der Waals surface area contributed by atoms with Crippen molar-refractivity contribution in [2.45, 2.75) is 742 Å². The second-order valence-corrected chi connectivity index (χ2v) is 46.4. The number of hydrogen-bond donors (Lipinski definition) is 2.